The Balaban J connectivity index is 4.34. The molecule has 0 aliphatic carbocycles. The Labute approximate surface area is 403 Å². The van der Waals surface area contributed by atoms with Gasteiger partial charge in [-0.3, -0.25) is 14.2 Å². The lowest BCUT2D eigenvalue weighted by Crippen LogP contribution is -2.37. The number of ether oxygens (including phenoxy) is 2. The first kappa shape index (κ1) is 62.4. The number of esters is 2. The summed E-state index contributed by atoms with van der Waals surface area (Å²) in [6, 6.07) is 0. The molecular formula is C56H92NO8P. The summed E-state index contributed by atoms with van der Waals surface area (Å²) >= 11 is 0. The first-order valence-corrected chi connectivity index (χ1v) is 26.7. The highest BCUT2D eigenvalue weighted by Crippen LogP contribution is 2.38. The van der Waals surface area contributed by atoms with Gasteiger partial charge < -0.3 is 27.9 Å². The van der Waals surface area contributed by atoms with Crippen LogP contribution < -0.4 is 4.89 Å². The second kappa shape index (κ2) is 46.5. The molecule has 2 atom stereocenters. The molecule has 9 nitrogen and oxygen atoms in total. The molecule has 0 aromatic rings. The summed E-state index contributed by atoms with van der Waals surface area (Å²) in [6.07, 6.45) is 65.2. The maximum atomic E-state index is 12.7. The van der Waals surface area contributed by atoms with Crippen LogP contribution in [0.4, 0.5) is 0 Å². The van der Waals surface area contributed by atoms with Gasteiger partial charge in [-0.15, -0.1) is 0 Å². The van der Waals surface area contributed by atoms with Crippen LogP contribution in [0, 0.1) is 0 Å². The van der Waals surface area contributed by atoms with E-state index in [4.69, 9.17) is 18.5 Å². The van der Waals surface area contributed by atoms with Gasteiger partial charge in [0, 0.05) is 12.8 Å². The number of hydrogen-bond donors (Lipinski definition) is 0. The minimum Gasteiger partial charge on any atom is -0.756 e. The molecule has 0 amide bonds. The zero-order chi connectivity index (χ0) is 48.5. The molecule has 0 aliphatic rings. The average molecular weight is 938 g/mol. The van der Waals surface area contributed by atoms with Crippen molar-refractivity contribution >= 4 is 19.8 Å². The quantitative estimate of drug-likeness (QED) is 0.0195. The van der Waals surface area contributed by atoms with Crippen molar-refractivity contribution in [3.63, 3.8) is 0 Å². The van der Waals surface area contributed by atoms with Crippen molar-refractivity contribution in [3.8, 4) is 0 Å². The molecule has 2 unspecified atom stereocenters. The normalized spacial score (nSPS) is 14.5. The van der Waals surface area contributed by atoms with Crippen LogP contribution >= 0.6 is 7.82 Å². The monoisotopic (exact) mass is 938 g/mol. The van der Waals surface area contributed by atoms with E-state index in [0.717, 1.165) is 128 Å². The van der Waals surface area contributed by atoms with E-state index < -0.39 is 32.5 Å². The number of phosphoric acid groups is 1. The van der Waals surface area contributed by atoms with Crippen LogP contribution in [0.3, 0.4) is 0 Å². The fourth-order valence-corrected chi connectivity index (χ4v) is 6.85. The largest absolute Gasteiger partial charge is 0.756 e. The summed E-state index contributed by atoms with van der Waals surface area (Å²) in [4.78, 5) is 37.7. The van der Waals surface area contributed by atoms with Crippen molar-refractivity contribution in [2.75, 3.05) is 47.5 Å². The molecule has 10 heteroatoms. The number of rotatable bonds is 44. The third kappa shape index (κ3) is 49.8. The van der Waals surface area contributed by atoms with E-state index in [1.807, 2.05) is 21.1 Å². The maximum Gasteiger partial charge on any atom is 0.306 e. The van der Waals surface area contributed by atoms with Crippen molar-refractivity contribution in [3.05, 3.63) is 122 Å². The maximum absolute atomic E-state index is 12.7. The summed E-state index contributed by atoms with van der Waals surface area (Å²) in [6.45, 7) is 3.93. The van der Waals surface area contributed by atoms with E-state index in [1.165, 1.54) is 0 Å². The summed E-state index contributed by atoms with van der Waals surface area (Å²) in [5.41, 5.74) is 0. The number of carbonyl (C=O) groups is 2. The number of allylic oxidation sites excluding steroid dienone is 20. The van der Waals surface area contributed by atoms with Gasteiger partial charge in [-0.25, -0.2) is 0 Å². The fraction of sp³-hybridized carbons (Fsp3) is 0.607. The number of likely N-dealkylation sites (N-methyl/N-ethyl adjacent to an activating group) is 1. The molecule has 374 valence electrons. The molecule has 0 radical (unpaired) electrons. The van der Waals surface area contributed by atoms with Gasteiger partial charge in [0.05, 0.1) is 27.7 Å². The molecule has 0 heterocycles. The first-order chi connectivity index (χ1) is 32.0. The smallest absolute Gasteiger partial charge is 0.306 e. The highest BCUT2D eigenvalue weighted by Gasteiger charge is 2.21. The van der Waals surface area contributed by atoms with Crippen LogP contribution in [0.1, 0.15) is 168 Å². The van der Waals surface area contributed by atoms with Gasteiger partial charge in [0.25, 0.3) is 7.82 Å². The van der Waals surface area contributed by atoms with Crippen LogP contribution in [-0.4, -0.2) is 70.0 Å². The van der Waals surface area contributed by atoms with Crippen molar-refractivity contribution in [1.29, 1.82) is 0 Å². The van der Waals surface area contributed by atoms with Crippen molar-refractivity contribution in [1.82, 2.24) is 0 Å². The number of hydrogen-bond acceptors (Lipinski definition) is 8. The van der Waals surface area contributed by atoms with Gasteiger partial charge in [-0.05, 0) is 103 Å². The van der Waals surface area contributed by atoms with Gasteiger partial charge in [0.2, 0.25) is 0 Å². The van der Waals surface area contributed by atoms with Crippen molar-refractivity contribution in [2.24, 2.45) is 0 Å². The predicted octanol–water partition coefficient (Wildman–Crippen LogP) is 14.6. The Kier molecular flexibility index (Phi) is 44.0. The molecule has 0 bridgehead atoms. The zero-order valence-electron chi connectivity index (χ0n) is 42.1. The number of nitrogens with zero attached hydrogens (tertiary/aromatic N) is 1. The lowest BCUT2D eigenvalue weighted by atomic mass is 10.1. The van der Waals surface area contributed by atoms with Gasteiger partial charge in [0.15, 0.2) is 6.10 Å². The van der Waals surface area contributed by atoms with Crippen molar-refractivity contribution < 1.29 is 42.1 Å². The Bertz CT molecular complexity index is 1530. The lowest BCUT2D eigenvalue weighted by Gasteiger charge is -2.28. The van der Waals surface area contributed by atoms with E-state index in [-0.39, 0.29) is 26.1 Å². The summed E-state index contributed by atoms with van der Waals surface area (Å²) in [5, 5.41) is 0. The van der Waals surface area contributed by atoms with Crippen LogP contribution in [-0.2, 0) is 32.7 Å². The van der Waals surface area contributed by atoms with E-state index in [1.54, 1.807) is 0 Å². The highest BCUT2D eigenvalue weighted by atomic mass is 31.2. The summed E-state index contributed by atoms with van der Waals surface area (Å²) in [5.74, 6) is -0.889. The number of quaternary nitrogens is 1. The fourth-order valence-electron chi connectivity index (χ4n) is 6.12. The summed E-state index contributed by atoms with van der Waals surface area (Å²) < 4.78 is 34.0. The van der Waals surface area contributed by atoms with Crippen LogP contribution in [0.2, 0.25) is 0 Å². The highest BCUT2D eigenvalue weighted by molar-refractivity contribution is 7.45. The number of carbonyl (C=O) groups excluding carboxylic acids is 2. The zero-order valence-corrected chi connectivity index (χ0v) is 43.0. The Morgan fingerprint density at radius 3 is 1.21 bits per heavy atom. The lowest BCUT2D eigenvalue weighted by molar-refractivity contribution is -0.870. The molecule has 0 aliphatic heterocycles. The SMILES string of the molecule is CC/C=C\C/C=C\C/C=C\C/C=C\C/C=C\C/C=C\C/C=C\CCCCCCCC(=O)OC(COC(=O)CCCCCCC/C=C\C/C=C\C/C=C\CC)COP(=O)([O-])OCC[N+](C)(C)C. The van der Waals surface area contributed by atoms with Crippen molar-refractivity contribution in [2.45, 2.75) is 174 Å². The van der Waals surface area contributed by atoms with Gasteiger partial charge in [-0.2, -0.15) is 0 Å². The van der Waals surface area contributed by atoms with Crippen LogP contribution in [0.25, 0.3) is 0 Å². The minimum atomic E-state index is -4.65. The molecule has 0 N–H and O–H groups in total. The third-order valence-electron chi connectivity index (χ3n) is 9.98. The second-order valence-corrected chi connectivity index (χ2v) is 18.8. The number of unbranched alkanes of at least 4 members (excludes halogenated alkanes) is 10. The third-order valence-corrected chi connectivity index (χ3v) is 10.9. The molecule has 0 aromatic heterocycles. The molecule has 0 spiro atoms. The predicted molar refractivity (Wildman–Crippen MR) is 277 cm³/mol. The average Bonchev–Trinajstić information content (AvgIpc) is 3.27. The molecule has 66 heavy (non-hydrogen) atoms. The molecular weight excluding hydrogens is 846 g/mol. The molecule has 0 fully saturated rings. The molecule has 0 aromatic carbocycles. The van der Waals surface area contributed by atoms with Gasteiger partial charge in [-0.1, -0.05) is 174 Å². The Hall–Kier alpha value is -3.59. The topological polar surface area (TPSA) is 111 Å². The molecule has 0 saturated heterocycles. The Morgan fingerprint density at radius 1 is 0.470 bits per heavy atom. The summed E-state index contributed by atoms with van der Waals surface area (Å²) in [7, 11) is 1.12. The standard InChI is InChI=1S/C56H92NO8P/c1-6-8-10-12-14-16-18-20-22-23-24-25-26-27-28-29-30-31-32-33-35-37-39-41-43-45-47-49-56(59)65-54(53-64-66(60,61)63-51-50-57(3,4)5)52-62-55(58)48-46-44-42-40-38-36-34-21-19-17-15-13-11-9-7-2/h8-11,14-17,20-22,24-25,27-28,30-31,33-35,54H,6-7,12-13,18-19,23,26,29,32,36-53H2,1-5H3/b10-8-,11-9-,16-14-,17-15-,22-20-,25-24-,28-27-,31-30-,34-21-,35-33-. The molecule has 0 saturated carbocycles. The minimum absolute atomic E-state index is 0.0456. The van der Waals surface area contributed by atoms with E-state index in [9.17, 15) is 19.0 Å². The van der Waals surface area contributed by atoms with Crippen LogP contribution in [0.5, 0.6) is 0 Å². The van der Waals surface area contributed by atoms with E-state index in [0.29, 0.717) is 23.9 Å². The first-order valence-electron chi connectivity index (χ1n) is 25.2. The number of phosphoric ester groups is 1. The van der Waals surface area contributed by atoms with Gasteiger partial charge >= 0.3 is 11.9 Å². The van der Waals surface area contributed by atoms with E-state index in [2.05, 4.69) is 135 Å². The van der Waals surface area contributed by atoms with Crippen LogP contribution in [0.15, 0.2) is 122 Å². The Morgan fingerprint density at radius 2 is 0.818 bits per heavy atom. The second-order valence-electron chi connectivity index (χ2n) is 17.4. The van der Waals surface area contributed by atoms with E-state index >= 15 is 0 Å². The van der Waals surface area contributed by atoms with Gasteiger partial charge in [0.1, 0.15) is 19.8 Å². The molecule has 0 rings (SSSR count).